The number of amides is 2. The molecule has 2 aliphatic carbocycles. The number of carbonyl (C=O) groups is 2. The molecule has 9 heteroatoms. The van der Waals surface area contributed by atoms with E-state index in [1.165, 1.54) is 12.1 Å². The Morgan fingerprint density at radius 3 is 2.58 bits per heavy atom. The van der Waals surface area contributed by atoms with Crippen LogP contribution in [0.1, 0.15) is 36.6 Å². The summed E-state index contributed by atoms with van der Waals surface area (Å²) in [5.41, 5.74) is -0.116. The molecule has 3 N–H and O–H groups in total. The molecule has 2 amide bonds. The second-order valence-corrected chi connectivity index (χ2v) is 8.19. The summed E-state index contributed by atoms with van der Waals surface area (Å²) in [6.45, 7) is 0. The van der Waals surface area contributed by atoms with Gasteiger partial charge in [0, 0.05) is 17.5 Å². The van der Waals surface area contributed by atoms with Crippen LogP contribution < -0.4 is 10.6 Å². The summed E-state index contributed by atoms with van der Waals surface area (Å²) in [6, 6.07) is 12.1. The van der Waals surface area contributed by atoms with Gasteiger partial charge >= 0.3 is 6.18 Å². The molecule has 0 spiro atoms. The quantitative estimate of drug-likeness (QED) is 0.575. The predicted octanol–water partition coefficient (Wildman–Crippen LogP) is 3.97. The van der Waals surface area contributed by atoms with Gasteiger partial charge in [-0.15, -0.1) is 0 Å². The maximum atomic E-state index is 12.9. The lowest BCUT2D eigenvalue weighted by Crippen LogP contribution is -2.46. The molecule has 31 heavy (non-hydrogen) atoms. The van der Waals surface area contributed by atoms with E-state index < -0.39 is 23.2 Å². The van der Waals surface area contributed by atoms with Gasteiger partial charge < -0.3 is 15.6 Å². The molecule has 2 aliphatic rings. The molecule has 1 heterocycles. The third-order valence-corrected chi connectivity index (χ3v) is 5.88. The van der Waals surface area contributed by atoms with Crippen LogP contribution in [0.15, 0.2) is 48.5 Å². The average Bonchev–Trinajstić information content (AvgIpc) is 3.64. The van der Waals surface area contributed by atoms with Crippen LogP contribution in [0.3, 0.4) is 0 Å². The zero-order chi connectivity index (χ0) is 21.8. The van der Waals surface area contributed by atoms with Crippen molar-refractivity contribution in [2.75, 3.05) is 5.32 Å². The van der Waals surface area contributed by atoms with Crippen molar-refractivity contribution in [2.24, 2.45) is 5.92 Å². The van der Waals surface area contributed by atoms with Gasteiger partial charge in [-0.1, -0.05) is 18.2 Å². The van der Waals surface area contributed by atoms with E-state index in [0.29, 0.717) is 19.3 Å². The van der Waals surface area contributed by atoms with Crippen molar-refractivity contribution >= 4 is 28.5 Å². The number of imidazole rings is 1. The van der Waals surface area contributed by atoms with E-state index in [4.69, 9.17) is 0 Å². The van der Waals surface area contributed by atoms with Crippen molar-refractivity contribution in [2.45, 2.75) is 36.9 Å². The smallest absolute Gasteiger partial charge is 0.342 e. The van der Waals surface area contributed by atoms with Crippen molar-refractivity contribution in [1.29, 1.82) is 0 Å². The number of anilines is 1. The zero-order valence-electron chi connectivity index (χ0n) is 16.3. The summed E-state index contributed by atoms with van der Waals surface area (Å²) < 4.78 is 38.7. The Kier molecular flexibility index (Phi) is 4.32. The number of nitrogens with one attached hydrogen (secondary N) is 3. The van der Waals surface area contributed by atoms with Crippen LogP contribution in [0.5, 0.6) is 0 Å². The third-order valence-electron chi connectivity index (χ3n) is 5.88. The minimum atomic E-state index is -4.50. The number of hydrogen-bond donors (Lipinski definition) is 3. The fraction of sp³-hybridized carbons (Fsp3) is 0.318. The van der Waals surface area contributed by atoms with Gasteiger partial charge in [-0.05, 0) is 49.6 Å². The number of nitrogens with zero attached hydrogens (tertiary/aromatic N) is 1. The van der Waals surface area contributed by atoms with Gasteiger partial charge in [0.15, 0.2) is 0 Å². The first-order valence-corrected chi connectivity index (χ1v) is 10.0. The number of rotatable bonds is 5. The Hall–Kier alpha value is -3.36. The van der Waals surface area contributed by atoms with Gasteiger partial charge in [-0.3, -0.25) is 9.59 Å². The van der Waals surface area contributed by atoms with E-state index in [2.05, 4.69) is 20.6 Å². The second-order valence-electron chi connectivity index (χ2n) is 8.19. The first-order valence-electron chi connectivity index (χ1n) is 10.0. The summed E-state index contributed by atoms with van der Waals surface area (Å²) in [4.78, 5) is 33.2. The summed E-state index contributed by atoms with van der Waals surface area (Å²) in [5.74, 6) is -0.294. The summed E-state index contributed by atoms with van der Waals surface area (Å²) in [5, 5.41) is 5.32. The number of alkyl halides is 3. The lowest BCUT2D eigenvalue weighted by Gasteiger charge is -2.18. The Bertz CT molecular complexity index is 1150. The Balaban J connectivity index is 1.23. The van der Waals surface area contributed by atoms with Gasteiger partial charge in [0.2, 0.25) is 11.8 Å². The SMILES string of the molecule is O=C(NC1(C(=O)Nc2cccc(C(F)(F)F)c2)CC1)[C@H]1C[C@@H]1c1nc2ccccc2[nH]1. The summed E-state index contributed by atoms with van der Waals surface area (Å²) in [7, 11) is 0. The monoisotopic (exact) mass is 428 g/mol. The Morgan fingerprint density at radius 2 is 1.87 bits per heavy atom. The van der Waals surface area contributed by atoms with Crippen LogP contribution in [0, 0.1) is 5.92 Å². The fourth-order valence-corrected chi connectivity index (χ4v) is 3.82. The number of aromatic amines is 1. The second kappa shape index (κ2) is 6.83. The largest absolute Gasteiger partial charge is 0.416 e. The van der Waals surface area contributed by atoms with Crippen LogP contribution in [0.2, 0.25) is 0 Å². The number of carbonyl (C=O) groups excluding carboxylic acids is 2. The Morgan fingerprint density at radius 1 is 1.10 bits per heavy atom. The fourth-order valence-electron chi connectivity index (χ4n) is 3.82. The van der Waals surface area contributed by atoms with E-state index in [1.807, 2.05) is 24.3 Å². The van der Waals surface area contributed by atoms with Crippen molar-refractivity contribution in [3.05, 3.63) is 59.9 Å². The highest BCUT2D eigenvalue weighted by atomic mass is 19.4. The lowest BCUT2D eigenvalue weighted by atomic mass is 10.1. The molecule has 2 fully saturated rings. The molecule has 1 aromatic heterocycles. The van der Waals surface area contributed by atoms with Gasteiger partial charge in [0.05, 0.1) is 16.6 Å². The Labute approximate surface area is 175 Å². The first-order chi connectivity index (χ1) is 14.7. The molecule has 2 aromatic carbocycles. The third kappa shape index (κ3) is 3.75. The van der Waals surface area contributed by atoms with Gasteiger partial charge in [-0.25, -0.2) is 4.98 Å². The normalized spacial score (nSPS) is 21.5. The number of halogens is 3. The van der Waals surface area contributed by atoms with Crippen LogP contribution in [-0.4, -0.2) is 27.3 Å². The lowest BCUT2D eigenvalue weighted by molar-refractivity contribution is -0.137. The van der Waals surface area contributed by atoms with Crippen molar-refractivity contribution < 1.29 is 22.8 Å². The van der Waals surface area contributed by atoms with Crippen molar-refractivity contribution in [3.63, 3.8) is 0 Å². The molecule has 6 nitrogen and oxygen atoms in total. The minimum Gasteiger partial charge on any atom is -0.342 e. The molecule has 0 saturated heterocycles. The number of para-hydroxylation sites is 2. The van der Waals surface area contributed by atoms with Gasteiger partial charge in [-0.2, -0.15) is 13.2 Å². The number of hydrogen-bond acceptors (Lipinski definition) is 3. The predicted molar refractivity (Wildman–Crippen MR) is 107 cm³/mol. The molecule has 160 valence electrons. The number of benzene rings is 2. The minimum absolute atomic E-state index is 0.0327. The topological polar surface area (TPSA) is 86.9 Å². The number of H-pyrrole nitrogens is 1. The summed E-state index contributed by atoms with van der Waals surface area (Å²) in [6.07, 6.45) is -2.96. The first kappa shape index (κ1) is 19.6. The van der Waals surface area contributed by atoms with E-state index in [1.54, 1.807) is 0 Å². The van der Waals surface area contributed by atoms with Gasteiger partial charge in [0.1, 0.15) is 11.4 Å². The maximum Gasteiger partial charge on any atom is 0.416 e. The van der Waals surface area contributed by atoms with Crippen LogP contribution in [-0.2, 0) is 15.8 Å². The average molecular weight is 428 g/mol. The number of aromatic nitrogens is 2. The molecule has 0 aliphatic heterocycles. The maximum absolute atomic E-state index is 12.9. The molecule has 0 bridgehead atoms. The van der Waals surface area contributed by atoms with E-state index in [-0.39, 0.29) is 23.4 Å². The molecule has 0 unspecified atom stereocenters. The molecular weight excluding hydrogens is 409 g/mol. The van der Waals surface area contributed by atoms with Crippen molar-refractivity contribution in [1.82, 2.24) is 15.3 Å². The summed E-state index contributed by atoms with van der Waals surface area (Å²) >= 11 is 0. The van der Waals surface area contributed by atoms with E-state index >= 15 is 0 Å². The zero-order valence-corrected chi connectivity index (χ0v) is 16.3. The van der Waals surface area contributed by atoms with E-state index in [9.17, 15) is 22.8 Å². The van der Waals surface area contributed by atoms with Crippen LogP contribution in [0.4, 0.5) is 18.9 Å². The molecule has 2 saturated carbocycles. The number of fused-ring (bicyclic) bond motifs is 1. The van der Waals surface area contributed by atoms with Crippen LogP contribution >= 0.6 is 0 Å². The highest BCUT2D eigenvalue weighted by Crippen LogP contribution is 2.48. The molecular formula is C22H19F3N4O2. The molecule has 5 rings (SSSR count). The molecule has 3 aromatic rings. The van der Waals surface area contributed by atoms with E-state index in [0.717, 1.165) is 29.0 Å². The van der Waals surface area contributed by atoms with Crippen LogP contribution in [0.25, 0.3) is 11.0 Å². The van der Waals surface area contributed by atoms with Crippen molar-refractivity contribution in [3.8, 4) is 0 Å². The highest BCUT2D eigenvalue weighted by molar-refractivity contribution is 6.03. The molecule has 0 radical (unpaired) electrons. The molecule has 2 atom stereocenters. The van der Waals surface area contributed by atoms with Gasteiger partial charge in [0.25, 0.3) is 0 Å². The highest BCUT2D eigenvalue weighted by Gasteiger charge is 2.55. The standard InChI is InChI=1S/C22H19F3N4O2/c23-22(24,25)12-4-3-5-13(10-12)26-20(31)21(8-9-21)29-19(30)15-11-14(15)18-27-16-6-1-2-7-17(16)28-18/h1-7,10,14-15H,8-9,11H2,(H,26,31)(H,27,28)(H,29,30)/t14-,15-/m0/s1.